The molecule has 1 N–H and O–H groups in total. The topological polar surface area (TPSA) is 50.2 Å². The number of benzene rings is 1. The van der Waals surface area contributed by atoms with Crippen LogP contribution in [0.2, 0.25) is 0 Å². The van der Waals surface area contributed by atoms with Gasteiger partial charge in [0.25, 0.3) is 12.3 Å². The Labute approximate surface area is 139 Å². The van der Waals surface area contributed by atoms with Crippen LogP contribution in [0, 0.1) is 0 Å². The minimum Gasteiger partial charge on any atom is -0.346 e. The van der Waals surface area contributed by atoms with Gasteiger partial charge in [-0.25, -0.2) is 8.78 Å². The molecule has 1 aromatic carbocycles. The fourth-order valence-corrected chi connectivity index (χ4v) is 3.23. The number of hydrogen-bond acceptors (Lipinski definition) is 3. The first-order valence-electron chi connectivity index (χ1n) is 7.89. The van der Waals surface area contributed by atoms with Crippen LogP contribution in [0.4, 0.5) is 8.78 Å². The number of amides is 1. The van der Waals surface area contributed by atoms with E-state index in [0.29, 0.717) is 6.54 Å². The van der Waals surface area contributed by atoms with Gasteiger partial charge in [0.15, 0.2) is 0 Å². The van der Waals surface area contributed by atoms with Crippen LogP contribution in [0.15, 0.2) is 42.6 Å². The highest BCUT2D eigenvalue weighted by Gasteiger charge is 2.33. The van der Waals surface area contributed by atoms with E-state index in [1.807, 2.05) is 37.4 Å². The first-order valence-corrected chi connectivity index (χ1v) is 7.89. The molecule has 2 aromatic rings. The van der Waals surface area contributed by atoms with Crippen LogP contribution in [0.5, 0.6) is 0 Å². The number of aromatic nitrogens is 2. The lowest BCUT2D eigenvalue weighted by atomic mass is 9.94. The van der Waals surface area contributed by atoms with E-state index in [0.717, 1.165) is 16.8 Å². The molecule has 0 spiro atoms. The summed E-state index contributed by atoms with van der Waals surface area (Å²) < 4.78 is 26.2. The average Bonchev–Trinajstić information content (AvgIpc) is 3.14. The normalized spacial score (nSPS) is 21.3. The highest BCUT2D eigenvalue weighted by molar-refractivity contribution is 5.92. The lowest BCUT2D eigenvalue weighted by molar-refractivity contribution is 0.0906. The molecule has 3 rings (SSSR count). The van der Waals surface area contributed by atoms with Crippen molar-refractivity contribution in [3.05, 3.63) is 53.9 Å². The number of carbonyl (C=O) groups excluding carboxylic acids is 1. The van der Waals surface area contributed by atoms with Gasteiger partial charge < -0.3 is 10.2 Å². The molecule has 2 heterocycles. The lowest BCUT2D eigenvalue weighted by Gasteiger charge is -2.20. The Kier molecular flexibility index (Phi) is 4.89. The van der Waals surface area contributed by atoms with Crippen molar-refractivity contribution in [1.29, 1.82) is 0 Å². The highest BCUT2D eigenvalue weighted by Crippen LogP contribution is 2.26. The summed E-state index contributed by atoms with van der Waals surface area (Å²) in [6, 6.07) is 11.4. The third-order valence-corrected chi connectivity index (χ3v) is 4.31. The molecule has 1 amide bonds. The van der Waals surface area contributed by atoms with Gasteiger partial charge in [-0.3, -0.25) is 9.48 Å². The minimum atomic E-state index is -2.55. The number of rotatable bonds is 5. The summed E-state index contributed by atoms with van der Waals surface area (Å²) in [5.41, 5.74) is 1.32. The van der Waals surface area contributed by atoms with Crippen LogP contribution < -0.4 is 5.32 Å². The van der Waals surface area contributed by atoms with Gasteiger partial charge in [-0.15, -0.1) is 0 Å². The maximum absolute atomic E-state index is 12.6. The Morgan fingerprint density at radius 1 is 1.29 bits per heavy atom. The molecule has 0 unspecified atom stereocenters. The van der Waals surface area contributed by atoms with Crippen LogP contribution >= 0.6 is 0 Å². The summed E-state index contributed by atoms with van der Waals surface area (Å²) in [4.78, 5) is 14.7. The first-order chi connectivity index (χ1) is 11.5. The van der Waals surface area contributed by atoms with Crippen LogP contribution in [0.3, 0.4) is 0 Å². The van der Waals surface area contributed by atoms with Gasteiger partial charge in [0.05, 0.1) is 0 Å². The van der Waals surface area contributed by atoms with E-state index in [-0.39, 0.29) is 23.6 Å². The van der Waals surface area contributed by atoms with Gasteiger partial charge in [-0.1, -0.05) is 30.3 Å². The van der Waals surface area contributed by atoms with Crippen molar-refractivity contribution in [3.63, 3.8) is 0 Å². The summed E-state index contributed by atoms with van der Waals surface area (Å²) in [6.45, 7) is 0.974. The van der Waals surface area contributed by atoms with Gasteiger partial charge in [-0.05, 0) is 18.7 Å². The quantitative estimate of drug-likeness (QED) is 0.910. The molecule has 1 fully saturated rings. The Hall–Kier alpha value is -2.28. The molecule has 24 heavy (non-hydrogen) atoms. The maximum Gasteiger partial charge on any atom is 0.269 e. The molecule has 7 heteroatoms. The van der Waals surface area contributed by atoms with Crippen molar-refractivity contribution in [2.75, 3.05) is 20.1 Å². The second-order valence-corrected chi connectivity index (χ2v) is 6.11. The number of likely N-dealkylation sites (N-methyl/N-ethyl adjacent to an activating group) is 1. The van der Waals surface area contributed by atoms with E-state index in [1.165, 1.54) is 12.3 Å². The van der Waals surface area contributed by atoms with Crippen LogP contribution in [0.1, 0.15) is 22.0 Å². The predicted octanol–water partition coefficient (Wildman–Crippen LogP) is 1.98. The minimum absolute atomic E-state index is 0.0696. The number of nitrogens with one attached hydrogen (secondary N) is 1. The average molecular weight is 334 g/mol. The molecule has 0 aliphatic carbocycles. The number of halogens is 2. The zero-order chi connectivity index (χ0) is 17.1. The summed E-state index contributed by atoms with van der Waals surface area (Å²) in [5.74, 6) is -0.194. The molecular weight excluding hydrogens is 314 g/mol. The third kappa shape index (κ3) is 3.62. The standard InChI is InChI=1S/C17H20F2N4O/c1-22-9-13(12-5-3-2-4-6-12)14(10-22)21-17(24)15-7-8-20-23(15)11-16(18)19/h2-8,13-14,16H,9-11H2,1H3,(H,21,24)/t13-,14-/m1/s1. The molecule has 128 valence electrons. The van der Waals surface area contributed by atoms with E-state index in [2.05, 4.69) is 15.3 Å². The van der Waals surface area contributed by atoms with Crippen molar-refractivity contribution < 1.29 is 13.6 Å². The smallest absolute Gasteiger partial charge is 0.269 e. The predicted molar refractivity (Wildman–Crippen MR) is 86.2 cm³/mol. The number of alkyl halides is 2. The van der Waals surface area contributed by atoms with Crippen LogP contribution in [-0.4, -0.2) is 53.2 Å². The molecule has 1 aromatic heterocycles. The van der Waals surface area contributed by atoms with Crippen LogP contribution in [0.25, 0.3) is 0 Å². The summed E-state index contributed by atoms with van der Waals surface area (Å²) >= 11 is 0. The van der Waals surface area contributed by atoms with Gasteiger partial charge in [0.2, 0.25) is 0 Å². The van der Waals surface area contributed by atoms with E-state index >= 15 is 0 Å². The monoisotopic (exact) mass is 334 g/mol. The highest BCUT2D eigenvalue weighted by atomic mass is 19.3. The molecular formula is C17H20F2N4O. The molecule has 5 nitrogen and oxygen atoms in total. The van der Waals surface area contributed by atoms with E-state index < -0.39 is 13.0 Å². The fourth-order valence-electron chi connectivity index (χ4n) is 3.23. The van der Waals surface area contributed by atoms with Crippen molar-refractivity contribution in [3.8, 4) is 0 Å². The first kappa shape index (κ1) is 16.6. The largest absolute Gasteiger partial charge is 0.346 e. The molecule has 1 aliphatic heterocycles. The van der Waals surface area contributed by atoms with Gasteiger partial charge in [-0.2, -0.15) is 5.10 Å². The Bertz CT molecular complexity index is 689. The summed E-state index contributed by atoms with van der Waals surface area (Å²) in [7, 11) is 2.00. The third-order valence-electron chi connectivity index (χ3n) is 4.31. The zero-order valence-corrected chi connectivity index (χ0v) is 13.4. The number of likely N-dealkylation sites (tertiary alicyclic amines) is 1. The van der Waals surface area contributed by atoms with E-state index in [4.69, 9.17) is 0 Å². The Morgan fingerprint density at radius 2 is 2.04 bits per heavy atom. The number of hydrogen-bond donors (Lipinski definition) is 1. The maximum atomic E-state index is 12.6. The Morgan fingerprint density at radius 3 is 2.75 bits per heavy atom. The number of carbonyl (C=O) groups is 1. The van der Waals surface area contributed by atoms with Gasteiger partial charge >= 0.3 is 0 Å². The van der Waals surface area contributed by atoms with Gasteiger partial charge in [0.1, 0.15) is 12.2 Å². The molecule has 0 radical (unpaired) electrons. The summed E-state index contributed by atoms with van der Waals surface area (Å²) in [6.07, 6.45) is -1.18. The van der Waals surface area contributed by atoms with Gasteiger partial charge in [0, 0.05) is 31.2 Å². The van der Waals surface area contributed by atoms with Crippen molar-refractivity contribution in [2.45, 2.75) is 24.9 Å². The molecule has 0 bridgehead atoms. The number of nitrogens with zero attached hydrogens (tertiary/aromatic N) is 3. The van der Waals surface area contributed by atoms with Crippen molar-refractivity contribution in [1.82, 2.24) is 20.0 Å². The molecule has 2 atom stereocenters. The molecule has 1 aliphatic rings. The van der Waals surface area contributed by atoms with E-state index in [1.54, 1.807) is 0 Å². The second-order valence-electron chi connectivity index (χ2n) is 6.11. The van der Waals surface area contributed by atoms with Crippen molar-refractivity contribution >= 4 is 5.91 Å². The zero-order valence-electron chi connectivity index (χ0n) is 13.4. The van der Waals surface area contributed by atoms with Crippen LogP contribution in [-0.2, 0) is 6.54 Å². The van der Waals surface area contributed by atoms with E-state index in [9.17, 15) is 13.6 Å². The van der Waals surface area contributed by atoms with Crippen molar-refractivity contribution in [2.24, 2.45) is 0 Å². The molecule has 0 saturated carbocycles. The second kappa shape index (κ2) is 7.09. The molecule has 1 saturated heterocycles. The lowest BCUT2D eigenvalue weighted by Crippen LogP contribution is -2.40. The SMILES string of the molecule is CN1C[C@H](c2ccccc2)[C@H](NC(=O)c2ccnn2CC(F)F)C1. The Balaban J connectivity index is 1.74. The fraction of sp³-hybridized carbons (Fsp3) is 0.412. The summed E-state index contributed by atoms with van der Waals surface area (Å²) in [5, 5.41) is 6.80.